The van der Waals surface area contributed by atoms with Crippen LogP contribution in [0.4, 0.5) is 0 Å². The number of fused-ring (bicyclic) bond motifs is 1. The first-order chi connectivity index (χ1) is 8.79. The van der Waals surface area contributed by atoms with Gasteiger partial charge in [0.25, 0.3) is 0 Å². The van der Waals surface area contributed by atoms with Gasteiger partial charge in [0.15, 0.2) is 0 Å². The van der Waals surface area contributed by atoms with Crippen LogP contribution in [-0.2, 0) is 13.0 Å². The average molecular weight is 247 g/mol. The predicted octanol–water partition coefficient (Wildman–Crippen LogP) is 2.98. The third-order valence-electron chi connectivity index (χ3n) is 4.86. The molecule has 0 atom stereocenters. The minimum Gasteiger partial charge on any atom is -0.329 e. The van der Waals surface area contributed by atoms with Gasteiger partial charge in [0.05, 0.1) is 5.69 Å². The van der Waals surface area contributed by atoms with Crippen LogP contribution < -0.4 is 5.32 Å². The van der Waals surface area contributed by atoms with Crippen molar-refractivity contribution in [3.63, 3.8) is 0 Å². The predicted molar refractivity (Wildman–Crippen MR) is 73.7 cm³/mol. The van der Waals surface area contributed by atoms with Gasteiger partial charge in [-0.3, -0.25) is 0 Å². The zero-order valence-electron chi connectivity index (χ0n) is 11.7. The molecule has 0 radical (unpaired) electrons. The SMILES string of the molecule is CCC1CCC(n2c(C)nc3c2CCNC3)CC1. The fourth-order valence-electron chi connectivity index (χ4n) is 3.76. The van der Waals surface area contributed by atoms with Crippen molar-refractivity contribution in [3.8, 4) is 0 Å². The molecule has 100 valence electrons. The Labute approximate surface area is 110 Å². The minimum absolute atomic E-state index is 0.724. The molecule has 1 N–H and O–H groups in total. The lowest BCUT2D eigenvalue weighted by atomic mass is 9.84. The van der Waals surface area contributed by atoms with Crippen molar-refractivity contribution in [2.75, 3.05) is 6.54 Å². The zero-order chi connectivity index (χ0) is 12.5. The Balaban J connectivity index is 1.82. The summed E-state index contributed by atoms with van der Waals surface area (Å²) in [5.41, 5.74) is 2.82. The zero-order valence-corrected chi connectivity index (χ0v) is 11.7. The van der Waals surface area contributed by atoms with E-state index >= 15 is 0 Å². The Morgan fingerprint density at radius 1 is 1.28 bits per heavy atom. The van der Waals surface area contributed by atoms with E-state index in [9.17, 15) is 0 Å². The highest BCUT2D eigenvalue weighted by molar-refractivity contribution is 5.21. The number of hydrogen-bond acceptors (Lipinski definition) is 2. The molecule has 0 aromatic carbocycles. The smallest absolute Gasteiger partial charge is 0.106 e. The molecule has 3 heteroatoms. The molecule has 1 aliphatic heterocycles. The van der Waals surface area contributed by atoms with Crippen molar-refractivity contribution in [3.05, 3.63) is 17.2 Å². The summed E-state index contributed by atoms with van der Waals surface area (Å²) < 4.78 is 2.57. The Hall–Kier alpha value is -0.830. The van der Waals surface area contributed by atoms with Crippen molar-refractivity contribution < 1.29 is 0 Å². The first kappa shape index (κ1) is 12.2. The van der Waals surface area contributed by atoms with Gasteiger partial charge in [0.2, 0.25) is 0 Å². The molecule has 1 aromatic rings. The summed E-state index contributed by atoms with van der Waals surface area (Å²) >= 11 is 0. The molecule has 1 fully saturated rings. The topological polar surface area (TPSA) is 29.9 Å². The summed E-state index contributed by atoms with van der Waals surface area (Å²) in [5.74, 6) is 2.21. The molecule has 2 heterocycles. The Bertz CT molecular complexity index is 414. The van der Waals surface area contributed by atoms with Crippen LogP contribution in [-0.4, -0.2) is 16.1 Å². The average Bonchev–Trinajstić information content (AvgIpc) is 2.75. The molecule has 2 aliphatic rings. The van der Waals surface area contributed by atoms with E-state index in [0.717, 1.165) is 31.5 Å². The van der Waals surface area contributed by atoms with Crippen molar-refractivity contribution in [2.45, 2.75) is 65.0 Å². The van der Waals surface area contributed by atoms with Crippen LogP contribution in [0.1, 0.15) is 62.3 Å². The normalized spacial score (nSPS) is 28.1. The quantitative estimate of drug-likeness (QED) is 0.870. The van der Waals surface area contributed by atoms with E-state index in [2.05, 4.69) is 23.7 Å². The molecule has 0 unspecified atom stereocenters. The molecule has 3 nitrogen and oxygen atoms in total. The van der Waals surface area contributed by atoms with E-state index in [1.165, 1.54) is 49.3 Å². The maximum atomic E-state index is 4.77. The van der Waals surface area contributed by atoms with Crippen molar-refractivity contribution >= 4 is 0 Å². The van der Waals surface area contributed by atoms with Crippen LogP contribution in [0.5, 0.6) is 0 Å². The number of rotatable bonds is 2. The Kier molecular flexibility index (Phi) is 3.42. The summed E-state index contributed by atoms with van der Waals surface area (Å²) in [6, 6.07) is 0.724. The van der Waals surface area contributed by atoms with Crippen molar-refractivity contribution in [1.82, 2.24) is 14.9 Å². The fraction of sp³-hybridized carbons (Fsp3) is 0.800. The molecule has 1 aliphatic carbocycles. The van der Waals surface area contributed by atoms with Gasteiger partial charge in [-0.25, -0.2) is 4.98 Å². The second-order valence-corrected chi connectivity index (χ2v) is 5.93. The third-order valence-corrected chi connectivity index (χ3v) is 4.86. The van der Waals surface area contributed by atoms with Crippen LogP contribution in [0.15, 0.2) is 0 Å². The number of imidazole rings is 1. The first-order valence-electron chi connectivity index (χ1n) is 7.57. The first-order valence-corrected chi connectivity index (χ1v) is 7.57. The fourth-order valence-corrected chi connectivity index (χ4v) is 3.76. The van der Waals surface area contributed by atoms with Gasteiger partial charge < -0.3 is 9.88 Å². The van der Waals surface area contributed by atoms with Crippen LogP contribution in [0.2, 0.25) is 0 Å². The Morgan fingerprint density at radius 3 is 2.78 bits per heavy atom. The molecule has 0 amide bonds. The van der Waals surface area contributed by atoms with Crippen LogP contribution in [0.3, 0.4) is 0 Å². The van der Waals surface area contributed by atoms with Gasteiger partial charge in [-0.1, -0.05) is 13.3 Å². The van der Waals surface area contributed by atoms with Crippen LogP contribution in [0.25, 0.3) is 0 Å². The molecular formula is C15H25N3. The van der Waals surface area contributed by atoms with E-state index in [0.29, 0.717) is 0 Å². The molecule has 3 rings (SSSR count). The van der Waals surface area contributed by atoms with E-state index in [1.54, 1.807) is 0 Å². The number of aromatic nitrogens is 2. The lowest BCUT2D eigenvalue weighted by molar-refractivity contribution is 0.263. The van der Waals surface area contributed by atoms with Gasteiger partial charge in [-0.05, 0) is 38.5 Å². The Morgan fingerprint density at radius 2 is 2.06 bits per heavy atom. The molecule has 0 bridgehead atoms. The summed E-state index contributed by atoms with van der Waals surface area (Å²) in [4.78, 5) is 4.77. The molecule has 0 spiro atoms. The lowest BCUT2D eigenvalue weighted by Crippen LogP contribution is -2.27. The van der Waals surface area contributed by atoms with Crippen molar-refractivity contribution in [2.24, 2.45) is 5.92 Å². The van der Waals surface area contributed by atoms with E-state index in [-0.39, 0.29) is 0 Å². The maximum Gasteiger partial charge on any atom is 0.106 e. The summed E-state index contributed by atoms with van der Waals surface area (Å²) in [5, 5.41) is 3.42. The largest absolute Gasteiger partial charge is 0.329 e. The molecule has 1 saturated carbocycles. The van der Waals surface area contributed by atoms with Gasteiger partial charge >= 0.3 is 0 Å². The van der Waals surface area contributed by atoms with Gasteiger partial charge in [-0.15, -0.1) is 0 Å². The monoisotopic (exact) mass is 247 g/mol. The van der Waals surface area contributed by atoms with Gasteiger partial charge in [0.1, 0.15) is 5.82 Å². The van der Waals surface area contributed by atoms with Gasteiger partial charge in [0, 0.05) is 31.2 Å². The minimum atomic E-state index is 0.724. The third kappa shape index (κ3) is 2.09. The van der Waals surface area contributed by atoms with E-state index in [4.69, 9.17) is 4.98 Å². The highest BCUT2D eigenvalue weighted by Crippen LogP contribution is 2.36. The van der Waals surface area contributed by atoms with E-state index in [1.807, 2.05) is 0 Å². The van der Waals surface area contributed by atoms with Crippen molar-refractivity contribution in [1.29, 1.82) is 0 Å². The summed E-state index contributed by atoms with van der Waals surface area (Å²) in [6.45, 7) is 6.60. The molecule has 18 heavy (non-hydrogen) atoms. The molecular weight excluding hydrogens is 222 g/mol. The van der Waals surface area contributed by atoms with Crippen LogP contribution in [0, 0.1) is 12.8 Å². The maximum absolute atomic E-state index is 4.77. The standard InChI is InChI=1S/C15H25N3/c1-3-12-4-6-13(7-5-12)18-11(2)17-14-10-16-9-8-15(14)18/h12-13,16H,3-10H2,1-2H3. The lowest BCUT2D eigenvalue weighted by Gasteiger charge is -2.31. The number of nitrogens with zero attached hydrogens (tertiary/aromatic N) is 2. The summed E-state index contributed by atoms with van der Waals surface area (Å²) in [6.07, 6.45) is 8.05. The van der Waals surface area contributed by atoms with E-state index < -0.39 is 0 Å². The molecule has 0 saturated heterocycles. The second kappa shape index (κ2) is 5.04. The second-order valence-electron chi connectivity index (χ2n) is 5.93. The highest BCUT2D eigenvalue weighted by atomic mass is 15.1. The summed E-state index contributed by atoms with van der Waals surface area (Å²) in [7, 11) is 0. The number of nitrogens with one attached hydrogen (secondary N) is 1. The van der Waals surface area contributed by atoms with Crippen LogP contribution >= 0.6 is 0 Å². The van der Waals surface area contributed by atoms with Gasteiger partial charge in [-0.2, -0.15) is 0 Å². The number of aryl methyl sites for hydroxylation is 1. The number of hydrogen-bond donors (Lipinski definition) is 1. The molecule has 1 aromatic heterocycles. The highest BCUT2D eigenvalue weighted by Gasteiger charge is 2.26.